The summed E-state index contributed by atoms with van der Waals surface area (Å²) in [5, 5.41) is 0. The second-order valence-electron chi connectivity index (χ2n) is 4.67. The van der Waals surface area contributed by atoms with Gasteiger partial charge in [0.25, 0.3) is 0 Å². The van der Waals surface area contributed by atoms with Gasteiger partial charge in [0, 0.05) is 0 Å². The summed E-state index contributed by atoms with van der Waals surface area (Å²) in [7, 11) is -0.0146. The summed E-state index contributed by atoms with van der Waals surface area (Å²) in [6.07, 6.45) is 0. The van der Waals surface area contributed by atoms with Crippen LogP contribution in [-0.4, -0.2) is 15.4 Å². The van der Waals surface area contributed by atoms with Crippen LogP contribution >= 0.6 is 0 Å². The standard InChI is InChI=1S/C18H15S.AsF4H/c1-4-10-16(11-5-1)19(17-12-6-2-7-13-17)18-14-8-3-9-15-18;2-1(3,4)5/h1-15H;1H/q+1;-1. The fourth-order valence-corrected chi connectivity index (χ4v) is 4.18. The van der Waals surface area contributed by atoms with Crippen LogP contribution in [0, 0.1) is 0 Å². The van der Waals surface area contributed by atoms with Gasteiger partial charge < -0.3 is 0 Å². The summed E-state index contributed by atoms with van der Waals surface area (Å²) < 4.78 is 39.5. The van der Waals surface area contributed by atoms with E-state index in [2.05, 4.69) is 91.0 Å². The summed E-state index contributed by atoms with van der Waals surface area (Å²) in [5.41, 5.74) is 0. The second kappa shape index (κ2) is 8.95. The fraction of sp³-hybridized carbons (Fsp3) is 0. The molecule has 0 amide bonds. The molecule has 0 aliphatic rings. The third-order valence-electron chi connectivity index (χ3n) is 2.94. The largest absolute Gasteiger partial charge is 0.166 e. The Morgan fingerprint density at radius 3 is 0.875 bits per heavy atom. The summed E-state index contributed by atoms with van der Waals surface area (Å²) in [5.74, 6) is 0. The molecule has 0 aromatic heterocycles. The third kappa shape index (κ3) is 6.42. The van der Waals surface area contributed by atoms with Gasteiger partial charge in [-0.15, -0.1) is 0 Å². The van der Waals surface area contributed by atoms with Gasteiger partial charge >= 0.3 is 29.3 Å². The molecule has 3 aromatic carbocycles. The van der Waals surface area contributed by atoms with Gasteiger partial charge in [0.05, 0.1) is 10.9 Å². The van der Waals surface area contributed by atoms with Crippen molar-refractivity contribution in [3.63, 3.8) is 0 Å². The van der Waals surface area contributed by atoms with E-state index in [0.717, 1.165) is 0 Å². The van der Waals surface area contributed by atoms with Crippen LogP contribution < -0.4 is 0 Å². The van der Waals surface area contributed by atoms with E-state index in [9.17, 15) is 13.9 Å². The van der Waals surface area contributed by atoms with E-state index in [1.165, 1.54) is 14.7 Å². The predicted molar refractivity (Wildman–Crippen MR) is 93.1 cm³/mol. The van der Waals surface area contributed by atoms with Crippen molar-refractivity contribution in [2.45, 2.75) is 14.7 Å². The van der Waals surface area contributed by atoms with Crippen molar-refractivity contribution in [3.8, 4) is 0 Å². The normalized spacial score (nSPS) is 11.5. The molecule has 0 fully saturated rings. The van der Waals surface area contributed by atoms with E-state index < -0.39 is 15.4 Å². The first-order chi connectivity index (χ1) is 11.4. The maximum absolute atomic E-state index is 9.88. The van der Waals surface area contributed by atoms with Gasteiger partial charge in [-0.1, -0.05) is 54.6 Å². The fourth-order valence-electron chi connectivity index (χ4n) is 2.08. The van der Waals surface area contributed by atoms with Crippen molar-refractivity contribution in [2.24, 2.45) is 0 Å². The molecule has 0 spiro atoms. The maximum atomic E-state index is 9.88. The van der Waals surface area contributed by atoms with Crippen molar-refractivity contribution >= 4 is 26.3 Å². The van der Waals surface area contributed by atoms with Crippen molar-refractivity contribution in [2.75, 3.05) is 0 Å². The molecule has 0 heterocycles. The van der Waals surface area contributed by atoms with Crippen LogP contribution in [0.2, 0.25) is 0 Å². The monoisotopic (exact) mass is 415 g/mol. The first-order valence-electron chi connectivity index (χ1n) is 7.10. The zero-order valence-corrected chi connectivity index (χ0v) is 15.5. The van der Waals surface area contributed by atoms with Crippen LogP contribution in [0.5, 0.6) is 0 Å². The minimum atomic E-state index is -7.00. The molecule has 0 N–H and O–H groups in total. The van der Waals surface area contributed by atoms with Crippen LogP contribution in [0.4, 0.5) is 13.9 Å². The van der Waals surface area contributed by atoms with Gasteiger partial charge in [-0.3, -0.25) is 0 Å². The molecule has 24 heavy (non-hydrogen) atoms. The molecule has 0 saturated carbocycles. The van der Waals surface area contributed by atoms with Crippen LogP contribution in [0.15, 0.2) is 106 Å². The average Bonchev–Trinajstić information content (AvgIpc) is 2.57. The van der Waals surface area contributed by atoms with Gasteiger partial charge in [-0.05, 0) is 36.4 Å². The molecule has 0 aliphatic heterocycles. The van der Waals surface area contributed by atoms with Crippen molar-refractivity contribution < 1.29 is 13.9 Å². The van der Waals surface area contributed by atoms with E-state index >= 15 is 0 Å². The Morgan fingerprint density at radius 1 is 0.458 bits per heavy atom. The van der Waals surface area contributed by atoms with Crippen molar-refractivity contribution in [3.05, 3.63) is 91.0 Å². The van der Waals surface area contributed by atoms with Crippen molar-refractivity contribution in [1.82, 2.24) is 0 Å². The van der Waals surface area contributed by atoms with Gasteiger partial charge in [0.15, 0.2) is 14.7 Å². The van der Waals surface area contributed by atoms with Gasteiger partial charge in [0.1, 0.15) is 0 Å². The molecule has 127 valence electrons. The predicted octanol–water partition coefficient (Wildman–Crippen LogP) is 5.81. The number of rotatable bonds is 3. The second-order valence-corrected chi connectivity index (χ2v) is 8.50. The summed E-state index contributed by atoms with van der Waals surface area (Å²) in [6, 6.07) is 32.2. The first-order valence-corrected chi connectivity index (χ1v) is 11.5. The zero-order valence-electron chi connectivity index (χ0n) is 12.6. The van der Waals surface area contributed by atoms with Crippen LogP contribution in [0.1, 0.15) is 0 Å². The topological polar surface area (TPSA) is 0 Å². The molecule has 0 radical (unpaired) electrons. The number of halogens is 4. The molecule has 6 heteroatoms. The molecule has 3 aromatic rings. The molecule has 0 atom stereocenters. The van der Waals surface area contributed by atoms with E-state index in [0.29, 0.717) is 0 Å². The van der Waals surface area contributed by atoms with Crippen LogP contribution in [0.3, 0.4) is 0 Å². The molecule has 0 aliphatic carbocycles. The SMILES string of the molecule is F[AsH-](F)(F)F.c1ccc([S+](c2ccccc2)c2ccccc2)cc1. The summed E-state index contributed by atoms with van der Waals surface area (Å²) in [4.78, 5) is 4.08. The molecule has 0 nitrogen and oxygen atoms in total. The molecular weight excluding hydrogens is 399 g/mol. The minimum absolute atomic E-state index is 0.0146. The third-order valence-corrected chi connectivity index (χ3v) is 5.17. The quantitative estimate of drug-likeness (QED) is 0.288. The smallest absolute Gasteiger partial charge is 0.0619 e. The van der Waals surface area contributed by atoms with E-state index in [4.69, 9.17) is 0 Å². The van der Waals surface area contributed by atoms with Gasteiger partial charge in [-0.2, -0.15) is 0 Å². The Morgan fingerprint density at radius 2 is 0.667 bits per heavy atom. The van der Waals surface area contributed by atoms with Gasteiger partial charge in [0.2, 0.25) is 0 Å². The Hall–Kier alpha value is -1.71. The Kier molecular flexibility index (Phi) is 6.95. The zero-order chi connectivity index (χ0) is 17.4. The molecular formula is C18H16AsF4S. The molecule has 3 rings (SSSR count). The van der Waals surface area contributed by atoms with Crippen molar-refractivity contribution in [1.29, 1.82) is 0 Å². The van der Waals surface area contributed by atoms with Crippen LogP contribution in [0.25, 0.3) is 0 Å². The maximum Gasteiger partial charge on any atom is 0.166 e. The summed E-state index contributed by atoms with van der Waals surface area (Å²) >= 11 is -7.00. The molecule has 0 bridgehead atoms. The van der Waals surface area contributed by atoms with E-state index in [1.807, 2.05) is 0 Å². The Labute approximate surface area is 146 Å². The Balaban J connectivity index is 0.000000368. The van der Waals surface area contributed by atoms with Gasteiger partial charge in [-0.25, -0.2) is 0 Å². The van der Waals surface area contributed by atoms with E-state index in [-0.39, 0.29) is 10.9 Å². The van der Waals surface area contributed by atoms with Crippen LogP contribution in [-0.2, 0) is 10.9 Å². The molecule has 0 unspecified atom stereocenters. The molecule has 0 saturated heterocycles. The number of hydrogen-bond donors (Lipinski definition) is 0. The summed E-state index contributed by atoms with van der Waals surface area (Å²) in [6.45, 7) is 0. The number of hydrogen-bond acceptors (Lipinski definition) is 0. The minimum Gasteiger partial charge on any atom is -0.0619 e. The van der Waals surface area contributed by atoms with E-state index in [1.54, 1.807) is 0 Å². The number of benzene rings is 3. The first kappa shape index (κ1) is 18.6. The Bertz CT molecular complexity index is 618. The average molecular weight is 415 g/mol.